The predicted molar refractivity (Wildman–Crippen MR) is 23.4 cm³/mol. The molecule has 0 N–H and O–H groups in total. The van der Waals surface area contributed by atoms with E-state index in [0.717, 1.165) is 0 Å². The average Bonchev–Trinajstić information content (AvgIpc) is 0.722. The Bertz CT molecular complexity index is 23.0. The van der Waals surface area contributed by atoms with Gasteiger partial charge >= 0.3 is 69.0 Å². The zero-order chi connectivity index (χ0) is 4.50. The van der Waals surface area contributed by atoms with Gasteiger partial charge in [-0.2, -0.15) is 0 Å². The van der Waals surface area contributed by atoms with Crippen molar-refractivity contribution in [3.63, 3.8) is 0 Å². The van der Waals surface area contributed by atoms with Gasteiger partial charge in [0.15, 0.2) is 0 Å². The number of hydrogen-bond donors (Lipinski definition) is 0. The molecule has 0 spiro atoms. The van der Waals surface area contributed by atoms with Gasteiger partial charge in [0.2, 0.25) is 0 Å². The molecule has 0 nitrogen and oxygen atoms in total. The molecule has 0 unspecified atom stereocenters. The van der Waals surface area contributed by atoms with Crippen LogP contribution in [0.25, 0.3) is 0 Å². The number of rotatable bonds is 0. The van der Waals surface area contributed by atoms with E-state index in [9.17, 15) is 0 Å². The van der Waals surface area contributed by atoms with E-state index < -0.39 is 11.9 Å². The van der Waals surface area contributed by atoms with Crippen LogP contribution in [0.4, 0.5) is 0 Å². The molecule has 6 heavy (non-hydrogen) atoms. The van der Waals surface area contributed by atoms with Crippen molar-refractivity contribution in [3.8, 4) is 0 Å². The summed E-state index contributed by atoms with van der Waals surface area (Å²) in [5, 5.41) is 0. The van der Waals surface area contributed by atoms with Crippen LogP contribution < -0.4 is 0 Å². The third-order valence-electron chi connectivity index (χ3n) is 0. The molecule has 0 heterocycles. The second-order valence-corrected chi connectivity index (χ2v) is 20.0. The molecule has 0 aromatic rings. The first-order valence-electron chi connectivity index (χ1n) is 0.478. The molecule has 0 aliphatic heterocycles. The summed E-state index contributed by atoms with van der Waals surface area (Å²) in [4.78, 5) is 0. The first-order chi connectivity index (χ1) is 2.00. The van der Waals surface area contributed by atoms with Crippen LogP contribution in [0.3, 0.4) is 0 Å². The summed E-state index contributed by atoms with van der Waals surface area (Å²) in [6.45, 7) is 0. The second kappa shape index (κ2) is 4.36. The largest absolute Gasteiger partial charge is 2.00 e. The Balaban J connectivity index is 0. The molecule has 0 aromatic carbocycles. The van der Waals surface area contributed by atoms with E-state index in [1.165, 1.54) is 0 Å². The third kappa shape index (κ3) is 31.7. The molecule has 0 aliphatic rings. The van der Waals surface area contributed by atoms with Crippen molar-refractivity contribution < 1.29 is 31.4 Å². The fourth-order valence-corrected chi connectivity index (χ4v) is 0. The summed E-state index contributed by atoms with van der Waals surface area (Å²) in [5.74, 6) is 0. The van der Waals surface area contributed by atoms with Gasteiger partial charge in [-0.25, -0.2) is 0 Å². The molecular weight excluding hydrogens is 402 g/mol. The molecule has 0 aromatic heterocycles. The molecular formula is Cl4PtZn. The van der Waals surface area contributed by atoms with Gasteiger partial charge in [0.05, 0.1) is 0 Å². The second-order valence-electron chi connectivity index (χ2n) is 0.271. The van der Waals surface area contributed by atoms with E-state index in [1.807, 2.05) is 0 Å². The van der Waals surface area contributed by atoms with Gasteiger partial charge in [-0.3, -0.25) is 0 Å². The fraction of sp³-hybridized carbons (Fsp3) is 0. The molecule has 0 fully saturated rings. The minimum Gasteiger partial charge on any atom is 2.00 e. The van der Waals surface area contributed by atoms with Crippen LogP contribution in [-0.2, 0) is 31.4 Å². The molecule has 0 radical (unpaired) electrons. The quantitative estimate of drug-likeness (QED) is 0.547. The maximum atomic E-state index is 5.01. The van der Waals surface area contributed by atoms with Gasteiger partial charge in [-0.15, -0.1) is 0 Å². The normalized spacial score (nSPS) is 12.7. The molecule has 0 atom stereocenters. The third-order valence-corrected chi connectivity index (χ3v) is 0. The molecule has 0 amide bonds. The molecule has 6 heteroatoms. The van der Waals surface area contributed by atoms with E-state index in [4.69, 9.17) is 37.7 Å². The Morgan fingerprint density at radius 1 is 0.833 bits per heavy atom. The average molecular weight is 402 g/mol. The zero-order valence-electron chi connectivity index (χ0n) is 2.54. The molecule has 0 saturated heterocycles. The monoisotopic (exact) mass is 399 g/mol. The first-order valence-corrected chi connectivity index (χ1v) is 11.7. The summed E-state index contributed by atoms with van der Waals surface area (Å²) in [6, 6.07) is 0. The summed E-state index contributed by atoms with van der Waals surface area (Å²) in [6.07, 6.45) is 0. The van der Waals surface area contributed by atoms with Gasteiger partial charge in [-0.05, 0) is 0 Å². The smallest absolute Gasteiger partial charge is 2.00 e. The van der Waals surface area contributed by atoms with Crippen molar-refractivity contribution in [2.45, 2.75) is 0 Å². The number of halogens is 4. The van der Waals surface area contributed by atoms with Gasteiger partial charge in [0, 0.05) is 0 Å². The van der Waals surface area contributed by atoms with Crippen molar-refractivity contribution in [3.05, 3.63) is 0 Å². The van der Waals surface area contributed by atoms with Crippen molar-refractivity contribution in [2.24, 2.45) is 0 Å². The molecule has 0 aliphatic carbocycles. The van der Waals surface area contributed by atoms with Crippen molar-refractivity contribution in [1.29, 1.82) is 0 Å². The summed E-state index contributed by atoms with van der Waals surface area (Å²) < 4.78 is 0. The molecule has 40 valence electrons. The summed E-state index contributed by atoms with van der Waals surface area (Å²) in [7, 11) is 20.0. The topological polar surface area (TPSA) is 0 Å². The van der Waals surface area contributed by atoms with Crippen LogP contribution in [-0.4, -0.2) is 0 Å². The molecule has 0 saturated carbocycles. The van der Waals surface area contributed by atoms with Crippen LogP contribution >= 0.6 is 37.7 Å². The van der Waals surface area contributed by atoms with Gasteiger partial charge in [0.1, 0.15) is 0 Å². The minimum absolute atomic E-state index is 0. The van der Waals surface area contributed by atoms with Crippen molar-refractivity contribution >= 4 is 37.7 Å². The van der Waals surface area contributed by atoms with Gasteiger partial charge < -0.3 is 0 Å². The van der Waals surface area contributed by atoms with E-state index in [-0.39, 0.29) is 19.5 Å². The van der Waals surface area contributed by atoms with E-state index in [0.29, 0.717) is 0 Å². The Hall–Kier alpha value is 2.47. The van der Waals surface area contributed by atoms with Crippen LogP contribution in [0.2, 0.25) is 0 Å². The molecule has 0 rings (SSSR count). The Kier molecular flexibility index (Phi) is 8.21. The fourth-order valence-electron chi connectivity index (χ4n) is 0. The standard InChI is InChI=1S/4ClH.Pt.Zn/h4*1H;;/q;;;;2*+2/p-4. The van der Waals surface area contributed by atoms with E-state index in [1.54, 1.807) is 0 Å². The summed E-state index contributed by atoms with van der Waals surface area (Å²) in [5.41, 5.74) is 0. The van der Waals surface area contributed by atoms with Gasteiger partial charge in [-0.1, -0.05) is 0 Å². The molecule has 0 bridgehead atoms. The number of hydrogen-bond acceptors (Lipinski definition) is 0. The Labute approximate surface area is 68.1 Å². The van der Waals surface area contributed by atoms with Crippen LogP contribution in [0.1, 0.15) is 0 Å². The van der Waals surface area contributed by atoms with E-state index in [2.05, 4.69) is 0 Å². The van der Waals surface area contributed by atoms with Gasteiger partial charge in [0.25, 0.3) is 0 Å². The SMILES string of the molecule is [Cl][Pt-2]([Cl])([Cl])[Cl].[Zn+2]. The first kappa shape index (κ1) is 11.3. The van der Waals surface area contributed by atoms with Crippen molar-refractivity contribution in [2.75, 3.05) is 0 Å². The Morgan fingerprint density at radius 3 is 0.833 bits per heavy atom. The van der Waals surface area contributed by atoms with E-state index >= 15 is 0 Å². The minimum atomic E-state index is -3.06. The maximum Gasteiger partial charge on any atom is 2.00 e. The Morgan fingerprint density at radius 2 is 0.833 bits per heavy atom. The predicted octanol–water partition coefficient (Wildman–Crippen LogP) is 2.75. The van der Waals surface area contributed by atoms with Crippen LogP contribution in [0.15, 0.2) is 0 Å². The van der Waals surface area contributed by atoms with Crippen LogP contribution in [0.5, 0.6) is 0 Å². The maximum absolute atomic E-state index is 5.01. The van der Waals surface area contributed by atoms with Crippen molar-refractivity contribution in [1.82, 2.24) is 0 Å². The zero-order valence-corrected chi connectivity index (χ0v) is 10.8. The summed E-state index contributed by atoms with van der Waals surface area (Å²) >= 11 is -3.06. The van der Waals surface area contributed by atoms with Crippen LogP contribution in [0, 0.1) is 0 Å².